The first-order valence-electron chi connectivity index (χ1n) is 4.78. The Morgan fingerprint density at radius 2 is 2.29 bits per heavy atom. The lowest BCUT2D eigenvalue weighted by Gasteiger charge is -2.02. The number of nitrogen functional groups attached to an aromatic ring is 1. The van der Waals surface area contributed by atoms with Crippen molar-refractivity contribution >= 4 is 29.0 Å². The van der Waals surface area contributed by atoms with Gasteiger partial charge in [-0.25, -0.2) is 4.98 Å². The van der Waals surface area contributed by atoms with E-state index in [1.807, 2.05) is 0 Å². The zero-order chi connectivity index (χ0) is 12.4. The smallest absolute Gasteiger partial charge is 0.279 e. The molecule has 6 nitrogen and oxygen atoms in total. The molecule has 0 aliphatic carbocycles. The van der Waals surface area contributed by atoms with E-state index in [9.17, 15) is 4.79 Å². The first-order valence-corrected chi connectivity index (χ1v) is 5.16. The van der Waals surface area contributed by atoms with Crippen LogP contribution in [0.4, 0.5) is 11.5 Å². The average molecular weight is 252 g/mol. The predicted molar refractivity (Wildman–Crippen MR) is 64.8 cm³/mol. The van der Waals surface area contributed by atoms with Gasteiger partial charge in [-0.3, -0.25) is 9.48 Å². The van der Waals surface area contributed by atoms with E-state index in [0.29, 0.717) is 16.5 Å². The van der Waals surface area contributed by atoms with Gasteiger partial charge in [-0.2, -0.15) is 5.10 Å². The van der Waals surface area contributed by atoms with Crippen LogP contribution in [0.3, 0.4) is 0 Å². The fourth-order valence-electron chi connectivity index (χ4n) is 1.31. The molecule has 0 saturated heterocycles. The molecule has 0 fully saturated rings. The van der Waals surface area contributed by atoms with Crippen LogP contribution in [-0.4, -0.2) is 20.7 Å². The van der Waals surface area contributed by atoms with E-state index in [2.05, 4.69) is 15.4 Å². The van der Waals surface area contributed by atoms with Crippen molar-refractivity contribution in [3.63, 3.8) is 0 Å². The summed E-state index contributed by atoms with van der Waals surface area (Å²) in [7, 11) is 1.69. The highest BCUT2D eigenvalue weighted by Crippen LogP contribution is 2.13. The largest absolute Gasteiger partial charge is 0.396 e. The summed E-state index contributed by atoms with van der Waals surface area (Å²) in [5, 5.41) is 7.03. The van der Waals surface area contributed by atoms with Crippen LogP contribution < -0.4 is 11.1 Å². The van der Waals surface area contributed by atoms with Crippen LogP contribution in [0.25, 0.3) is 0 Å². The van der Waals surface area contributed by atoms with E-state index >= 15 is 0 Å². The monoisotopic (exact) mass is 251 g/mol. The molecule has 17 heavy (non-hydrogen) atoms. The maximum atomic E-state index is 11.8. The third-order valence-electron chi connectivity index (χ3n) is 2.04. The molecule has 0 saturated carbocycles. The molecule has 0 aliphatic heterocycles. The van der Waals surface area contributed by atoms with E-state index in [-0.39, 0.29) is 5.69 Å². The van der Waals surface area contributed by atoms with E-state index in [1.54, 1.807) is 25.4 Å². The Kier molecular flexibility index (Phi) is 2.97. The highest BCUT2D eigenvalue weighted by atomic mass is 35.5. The maximum Gasteiger partial charge on any atom is 0.279 e. The fourth-order valence-corrected chi connectivity index (χ4v) is 1.42. The van der Waals surface area contributed by atoms with Crippen molar-refractivity contribution in [1.82, 2.24) is 14.8 Å². The number of carbonyl (C=O) groups is 1. The molecular formula is C10H10ClN5O. The van der Waals surface area contributed by atoms with Gasteiger partial charge in [0.05, 0.1) is 10.7 Å². The number of rotatable bonds is 2. The minimum Gasteiger partial charge on any atom is -0.396 e. The normalized spacial score (nSPS) is 10.2. The van der Waals surface area contributed by atoms with Gasteiger partial charge >= 0.3 is 0 Å². The van der Waals surface area contributed by atoms with Crippen LogP contribution in [0.15, 0.2) is 24.5 Å². The lowest BCUT2D eigenvalue weighted by atomic mass is 10.3. The molecule has 0 aliphatic rings. The topological polar surface area (TPSA) is 85.8 Å². The van der Waals surface area contributed by atoms with Crippen molar-refractivity contribution in [2.75, 3.05) is 11.1 Å². The summed E-state index contributed by atoms with van der Waals surface area (Å²) in [6, 6.07) is 3.23. The van der Waals surface area contributed by atoms with Crippen LogP contribution in [-0.2, 0) is 7.05 Å². The van der Waals surface area contributed by atoms with Gasteiger partial charge in [-0.05, 0) is 12.1 Å². The van der Waals surface area contributed by atoms with Crippen LogP contribution in [0.5, 0.6) is 0 Å². The second-order valence-electron chi connectivity index (χ2n) is 3.42. The van der Waals surface area contributed by atoms with Crippen molar-refractivity contribution in [1.29, 1.82) is 0 Å². The van der Waals surface area contributed by atoms with Gasteiger partial charge in [-0.15, -0.1) is 0 Å². The minimum atomic E-state index is -0.405. The number of nitrogens with two attached hydrogens (primary N) is 1. The number of hydrogen-bond donors (Lipinski definition) is 2. The van der Waals surface area contributed by atoms with Crippen molar-refractivity contribution in [2.45, 2.75) is 0 Å². The number of hydrogen-bond acceptors (Lipinski definition) is 4. The molecule has 0 aromatic carbocycles. The summed E-state index contributed by atoms with van der Waals surface area (Å²) in [5.41, 5.74) is 6.12. The summed E-state index contributed by atoms with van der Waals surface area (Å²) in [6.07, 6.45) is 3.00. The average Bonchev–Trinajstić information content (AvgIpc) is 2.61. The number of anilines is 2. The van der Waals surface area contributed by atoms with Gasteiger partial charge in [0.1, 0.15) is 5.82 Å². The highest BCUT2D eigenvalue weighted by Gasteiger charge is 2.14. The zero-order valence-electron chi connectivity index (χ0n) is 9.01. The first-order chi connectivity index (χ1) is 8.06. The number of aromatic nitrogens is 3. The predicted octanol–water partition coefficient (Wildman–Crippen LogP) is 1.30. The molecule has 2 rings (SSSR count). The number of aryl methyl sites for hydroxylation is 1. The number of amides is 1. The summed E-state index contributed by atoms with van der Waals surface area (Å²) in [5.74, 6) is -0.0117. The summed E-state index contributed by atoms with van der Waals surface area (Å²) >= 11 is 5.68. The second kappa shape index (κ2) is 4.42. The van der Waals surface area contributed by atoms with Crippen molar-refractivity contribution in [3.8, 4) is 0 Å². The van der Waals surface area contributed by atoms with Crippen molar-refractivity contribution in [2.24, 2.45) is 7.05 Å². The third kappa shape index (κ3) is 2.54. The van der Waals surface area contributed by atoms with Crippen LogP contribution in [0.2, 0.25) is 5.02 Å². The molecule has 1 amide bonds. The van der Waals surface area contributed by atoms with Crippen LogP contribution in [0.1, 0.15) is 10.5 Å². The Labute approximate surface area is 102 Å². The second-order valence-corrected chi connectivity index (χ2v) is 3.86. The Morgan fingerprint density at radius 1 is 1.53 bits per heavy atom. The molecule has 7 heteroatoms. The number of halogens is 1. The molecule has 0 radical (unpaired) electrons. The Balaban J connectivity index is 2.17. The molecule has 2 heterocycles. The molecule has 2 aromatic rings. The molecule has 0 unspecified atom stereocenters. The fraction of sp³-hybridized carbons (Fsp3) is 0.100. The van der Waals surface area contributed by atoms with Gasteiger partial charge in [-0.1, -0.05) is 11.6 Å². The van der Waals surface area contributed by atoms with E-state index in [1.165, 1.54) is 10.9 Å². The summed E-state index contributed by atoms with van der Waals surface area (Å²) < 4.78 is 1.47. The summed E-state index contributed by atoms with van der Waals surface area (Å²) in [6.45, 7) is 0. The van der Waals surface area contributed by atoms with E-state index in [0.717, 1.165) is 0 Å². The van der Waals surface area contributed by atoms with Gasteiger partial charge < -0.3 is 11.1 Å². The van der Waals surface area contributed by atoms with E-state index < -0.39 is 5.91 Å². The van der Waals surface area contributed by atoms with Crippen LogP contribution >= 0.6 is 11.6 Å². The highest BCUT2D eigenvalue weighted by molar-refractivity contribution is 6.30. The molecule has 3 N–H and O–H groups in total. The summed E-state index contributed by atoms with van der Waals surface area (Å²) in [4.78, 5) is 15.7. The van der Waals surface area contributed by atoms with Gasteiger partial charge in [0.25, 0.3) is 5.91 Å². The number of nitrogens with one attached hydrogen (secondary N) is 1. The molecule has 2 aromatic heterocycles. The molecule has 0 atom stereocenters. The first kappa shape index (κ1) is 11.4. The SMILES string of the molecule is Cn1cc(N)c(C(=O)Nc2ccc(Cl)cn2)n1. The Bertz CT molecular complexity index is 548. The number of pyridine rings is 1. The van der Waals surface area contributed by atoms with Gasteiger partial charge in [0.15, 0.2) is 5.69 Å². The van der Waals surface area contributed by atoms with Gasteiger partial charge in [0.2, 0.25) is 0 Å². The molecule has 0 bridgehead atoms. The maximum absolute atomic E-state index is 11.8. The Morgan fingerprint density at radius 3 is 2.82 bits per heavy atom. The zero-order valence-corrected chi connectivity index (χ0v) is 9.77. The number of carbonyl (C=O) groups excluding carboxylic acids is 1. The minimum absolute atomic E-state index is 0.171. The molecule has 0 spiro atoms. The molecule has 88 valence electrons. The lowest BCUT2D eigenvalue weighted by Crippen LogP contribution is -2.15. The number of nitrogens with zero attached hydrogens (tertiary/aromatic N) is 3. The lowest BCUT2D eigenvalue weighted by molar-refractivity contribution is 0.102. The third-order valence-corrected chi connectivity index (χ3v) is 2.26. The Hall–Kier alpha value is -2.08. The standard InChI is InChI=1S/C10H10ClN5O/c1-16-5-7(12)9(15-16)10(17)14-8-3-2-6(11)4-13-8/h2-5H,12H2,1H3,(H,13,14,17). The van der Waals surface area contributed by atoms with Crippen molar-refractivity contribution < 1.29 is 4.79 Å². The van der Waals surface area contributed by atoms with Crippen LogP contribution in [0, 0.1) is 0 Å². The molecular weight excluding hydrogens is 242 g/mol. The van der Waals surface area contributed by atoms with Crippen molar-refractivity contribution in [3.05, 3.63) is 35.2 Å². The van der Waals surface area contributed by atoms with Gasteiger partial charge in [0, 0.05) is 19.4 Å². The van der Waals surface area contributed by atoms with E-state index in [4.69, 9.17) is 17.3 Å². The quantitative estimate of drug-likeness (QED) is 0.842.